The summed E-state index contributed by atoms with van der Waals surface area (Å²) >= 11 is 0. The van der Waals surface area contributed by atoms with E-state index in [2.05, 4.69) is 44.9 Å². The van der Waals surface area contributed by atoms with Crippen LogP contribution in [0.2, 0.25) is 0 Å². The Balaban J connectivity index is 1.24. The minimum absolute atomic E-state index is 0.104. The Hall–Kier alpha value is -5.46. The van der Waals surface area contributed by atoms with Gasteiger partial charge in [-0.1, -0.05) is 68.5 Å². The highest BCUT2D eigenvalue weighted by Crippen LogP contribution is 2.33. The number of H-pyrrole nitrogens is 1. The van der Waals surface area contributed by atoms with E-state index in [9.17, 15) is 19.2 Å². The zero-order valence-corrected chi connectivity index (χ0v) is 31.6. The SMILES string of the molecule is C/C=C(\N=C(/C)[C@H](C)N1CCC[C@@H](NC(=O)OC)C1=O)c1ccc(-c2ccc(-c3cnc([C@@H]4CCCN4C(=O)[C@@H](NC(=O)OC)C(C)C)[nH]3)cc2)cc1. The highest BCUT2D eigenvalue weighted by atomic mass is 16.5. The minimum Gasteiger partial charge on any atom is -0.453 e. The quantitative estimate of drug-likeness (QED) is 0.195. The van der Waals surface area contributed by atoms with Crippen molar-refractivity contribution in [1.82, 2.24) is 30.4 Å². The number of nitrogens with one attached hydrogen (secondary N) is 3. The molecule has 0 unspecified atom stereocenters. The molecule has 3 heterocycles. The first-order valence-electron chi connectivity index (χ1n) is 18.2. The number of aromatic amines is 1. The molecule has 282 valence electrons. The van der Waals surface area contributed by atoms with E-state index in [1.807, 2.05) is 65.0 Å². The molecule has 0 aliphatic carbocycles. The number of benzene rings is 2. The summed E-state index contributed by atoms with van der Waals surface area (Å²) in [6.45, 7) is 10.8. The third kappa shape index (κ3) is 8.95. The van der Waals surface area contributed by atoms with Crippen LogP contribution in [-0.4, -0.2) is 94.9 Å². The van der Waals surface area contributed by atoms with Gasteiger partial charge in [0.2, 0.25) is 11.8 Å². The van der Waals surface area contributed by atoms with E-state index in [0.29, 0.717) is 19.5 Å². The number of rotatable bonds is 11. The molecule has 1 aromatic heterocycles. The van der Waals surface area contributed by atoms with E-state index in [1.165, 1.54) is 14.2 Å². The van der Waals surface area contributed by atoms with Crippen molar-refractivity contribution in [2.24, 2.45) is 10.9 Å². The number of ether oxygens (including phenoxy) is 2. The molecule has 4 amide bonds. The second-order valence-corrected chi connectivity index (χ2v) is 13.8. The van der Waals surface area contributed by atoms with Crippen molar-refractivity contribution in [3.8, 4) is 22.4 Å². The van der Waals surface area contributed by atoms with Crippen LogP contribution in [0, 0.1) is 5.92 Å². The standard InChI is InChI=1S/C40H51N7O6/c1-8-31(42-25(4)26(5)46-21-9-11-32(37(46)48)44-39(50)52-6)29-17-13-27(14-18-29)28-15-19-30(20-16-28)33-23-41-36(43-33)34-12-10-22-47(34)38(49)35(24(2)3)45-40(51)53-7/h8,13-20,23-24,26,32,34-35H,9-12,21-22H2,1-7H3,(H,41,43)(H,44,50)(H,45,51)/b31-8-,42-25+/t26-,32+,34-,35-/m0/s1. The topological polar surface area (TPSA) is 158 Å². The van der Waals surface area contributed by atoms with Gasteiger partial charge in [-0.2, -0.15) is 0 Å². The van der Waals surface area contributed by atoms with Crippen LogP contribution >= 0.6 is 0 Å². The van der Waals surface area contributed by atoms with E-state index in [0.717, 1.165) is 64.4 Å². The second kappa shape index (κ2) is 17.4. The van der Waals surface area contributed by atoms with Crippen molar-refractivity contribution >= 4 is 35.4 Å². The number of piperidine rings is 1. The lowest BCUT2D eigenvalue weighted by molar-refractivity contribution is -0.137. The van der Waals surface area contributed by atoms with E-state index in [-0.39, 0.29) is 29.8 Å². The molecule has 4 atom stereocenters. The molecule has 13 nitrogen and oxygen atoms in total. The molecule has 0 saturated carbocycles. The molecule has 2 saturated heterocycles. The molecule has 13 heteroatoms. The highest BCUT2D eigenvalue weighted by Gasteiger charge is 2.38. The van der Waals surface area contributed by atoms with Crippen molar-refractivity contribution in [2.45, 2.75) is 84.5 Å². The number of amides is 4. The Morgan fingerprint density at radius 1 is 0.925 bits per heavy atom. The number of methoxy groups -OCH3 is 2. The summed E-state index contributed by atoms with van der Waals surface area (Å²) in [4.78, 5) is 66.9. The number of hydrogen-bond acceptors (Lipinski definition) is 8. The lowest BCUT2D eigenvalue weighted by atomic mass is 10.0. The molecule has 3 aromatic rings. The number of nitrogens with zero attached hydrogens (tertiary/aromatic N) is 4. The van der Waals surface area contributed by atoms with Crippen molar-refractivity contribution in [1.29, 1.82) is 0 Å². The van der Waals surface area contributed by atoms with Crippen molar-refractivity contribution < 1.29 is 28.7 Å². The summed E-state index contributed by atoms with van der Waals surface area (Å²) in [6.07, 6.45) is 5.51. The molecule has 2 fully saturated rings. The van der Waals surface area contributed by atoms with Gasteiger partial charge in [0.25, 0.3) is 0 Å². The molecule has 2 aliphatic rings. The molecule has 5 rings (SSSR count). The number of carbonyl (C=O) groups is 4. The number of likely N-dealkylation sites (tertiary alicyclic amines) is 2. The maximum atomic E-state index is 13.5. The van der Waals surface area contributed by atoms with Crippen molar-refractivity contribution in [3.05, 3.63) is 72.2 Å². The van der Waals surface area contributed by atoms with Gasteiger partial charge in [0, 0.05) is 18.8 Å². The number of alkyl carbamates (subject to hydrolysis) is 2. The molecule has 2 aliphatic heterocycles. The first kappa shape index (κ1) is 38.8. The van der Waals surface area contributed by atoms with Gasteiger partial charge in [-0.3, -0.25) is 14.6 Å². The maximum Gasteiger partial charge on any atom is 0.407 e. The predicted molar refractivity (Wildman–Crippen MR) is 204 cm³/mol. The Morgan fingerprint density at radius 2 is 1.55 bits per heavy atom. The van der Waals surface area contributed by atoms with Crippen LogP contribution in [0.15, 0.2) is 65.8 Å². The second-order valence-electron chi connectivity index (χ2n) is 13.8. The molecule has 3 N–H and O–H groups in total. The molecule has 53 heavy (non-hydrogen) atoms. The van der Waals surface area contributed by atoms with Gasteiger partial charge in [-0.25, -0.2) is 14.6 Å². The number of carbonyl (C=O) groups excluding carboxylic acids is 4. The van der Waals surface area contributed by atoms with Crippen LogP contribution in [-0.2, 0) is 19.1 Å². The van der Waals surface area contributed by atoms with Crippen LogP contribution < -0.4 is 10.6 Å². The first-order chi connectivity index (χ1) is 25.4. The molecular formula is C40H51N7O6. The smallest absolute Gasteiger partial charge is 0.407 e. The zero-order chi connectivity index (χ0) is 38.2. The van der Waals surface area contributed by atoms with E-state index in [1.54, 1.807) is 16.0 Å². The van der Waals surface area contributed by atoms with E-state index >= 15 is 0 Å². The maximum absolute atomic E-state index is 13.5. The average molecular weight is 726 g/mol. The molecule has 2 aromatic carbocycles. The fraction of sp³-hybridized carbons (Fsp3) is 0.450. The fourth-order valence-corrected chi connectivity index (χ4v) is 6.95. The normalized spacial score (nSPS) is 19.2. The van der Waals surface area contributed by atoms with Gasteiger partial charge >= 0.3 is 12.2 Å². The first-order valence-corrected chi connectivity index (χ1v) is 18.2. The Labute approximate surface area is 311 Å². The molecule has 0 bridgehead atoms. The number of allylic oxidation sites excluding steroid dienone is 1. The third-order valence-corrected chi connectivity index (χ3v) is 10.1. The Morgan fingerprint density at radius 3 is 2.17 bits per heavy atom. The monoisotopic (exact) mass is 725 g/mol. The van der Waals surface area contributed by atoms with Crippen LogP contribution in [0.5, 0.6) is 0 Å². The zero-order valence-electron chi connectivity index (χ0n) is 31.6. The Bertz CT molecular complexity index is 1830. The summed E-state index contributed by atoms with van der Waals surface area (Å²) in [5.41, 5.74) is 6.51. The number of hydrogen-bond donors (Lipinski definition) is 3. The van der Waals surface area contributed by atoms with Crippen molar-refractivity contribution in [3.63, 3.8) is 0 Å². The molecular weight excluding hydrogens is 674 g/mol. The van der Waals surface area contributed by atoms with Crippen LogP contribution in [0.3, 0.4) is 0 Å². The van der Waals surface area contributed by atoms with Gasteiger partial charge in [0.15, 0.2) is 0 Å². The van der Waals surface area contributed by atoms with Gasteiger partial charge in [-0.15, -0.1) is 0 Å². The lowest BCUT2D eigenvalue weighted by Crippen LogP contribution is -2.56. The number of aromatic nitrogens is 2. The van der Waals surface area contributed by atoms with Gasteiger partial charge in [0.1, 0.15) is 17.9 Å². The summed E-state index contributed by atoms with van der Waals surface area (Å²) < 4.78 is 9.44. The average Bonchev–Trinajstić information content (AvgIpc) is 3.87. The number of aliphatic imine (C=N–C) groups is 1. The fourth-order valence-electron chi connectivity index (χ4n) is 6.95. The third-order valence-electron chi connectivity index (χ3n) is 10.1. The predicted octanol–water partition coefficient (Wildman–Crippen LogP) is 6.35. The highest BCUT2D eigenvalue weighted by molar-refractivity contribution is 5.96. The molecule has 0 radical (unpaired) electrons. The van der Waals surface area contributed by atoms with E-state index < -0.39 is 24.3 Å². The molecule has 0 spiro atoms. The van der Waals surface area contributed by atoms with Crippen LogP contribution in [0.1, 0.15) is 77.7 Å². The largest absolute Gasteiger partial charge is 0.453 e. The number of imidazole rings is 1. The van der Waals surface area contributed by atoms with Crippen molar-refractivity contribution in [2.75, 3.05) is 27.3 Å². The van der Waals surface area contributed by atoms with Crippen LogP contribution in [0.25, 0.3) is 28.1 Å². The van der Waals surface area contributed by atoms with Gasteiger partial charge in [-0.05, 0) is 74.6 Å². The van der Waals surface area contributed by atoms with Crippen LogP contribution in [0.4, 0.5) is 9.59 Å². The van der Waals surface area contributed by atoms with Gasteiger partial charge in [0.05, 0.1) is 43.9 Å². The van der Waals surface area contributed by atoms with E-state index in [4.69, 9.17) is 14.5 Å². The Kier molecular flexibility index (Phi) is 12.7. The summed E-state index contributed by atoms with van der Waals surface area (Å²) in [6, 6.07) is 14.7. The lowest BCUT2D eigenvalue weighted by Gasteiger charge is -2.36. The minimum atomic E-state index is -0.687. The summed E-state index contributed by atoms with van der Waals surface area (Å²) in [5.74, 6) is 0.346. The summed E-state index contributed by atoms with van der Waals surface area (Å²) in [7, 11) is 2.57. The van der Waals surface area contributed by atoms with Gasteiger partial charge < -0.3 is 34.9 Å². The summed E-state index contributed by atoms with van der Waals surface area (Å²) in [5, 5.41) is 5.34.